The second-order valence-electron chi connectivity index (χ2n) is 9.38. The van der Waals surface area contributed by atoms with Crippen LogP contribution in [0.4, 0.5) is 0 Å². The van der Waals surface area contributed by atoms with Gasteiger partial charge in [0.25, 0.3) is 0 Å². The molecule has 0 unspecified atom stereocenters. The van der Waals surface area contributed by atoms with E-state index >= 15 is 0 Å². The van der Waals surface area contributed by atoms with Gasteiger partial charge in [-0.2, -0.15) is 0 Å². The van der Waals surface area contributed by atoms with Gasteiger partial charge in [-0.25, -0.2) is 18.0 Å². The minimum absolute atomic E-state index is 0.0248. The van der Waals surface area contributed by atoms with Crippen molar-refractivity contribution in [2.24, 2.45) is 0 Å². The number of sulfone groups is 1. The highest BCUT2D eigenvalue weighted by molar-refractivity contribution is 8.00. The number of thioether (sulfide) groups is 1. The Labute approximate surface area is 299 Å². The Morgan fingerprint density at radius 1 is 0.667 bits per heavy atom. The van der Waals surface area contributed by atoms with Crippen LogP contribution in [0.25, 0.3) is 21.8 Å². The average molecular weight is 785 g/mol. The van der Waals surface area contributed by atoms with E-state index in [1.165, 1.54) is 23.9 Å². The van der Waals surface area contributed by atoms with Crippen molar-refractivity contribution in [2.75, 3.05) is 37.9 Å². The number of halogens is 4. The van der Waals surface area contributed by atoms with Crippen LogP contribution in [-0.2, 0) is 38.4 Å². The Bertz CT molecular complexity index is 1960. The molecule has 18 heteroatoms. The Morgan fingerprint density at radius 2 is 1.12 bits per heavy atom. The van der Waals surface area contributed by atoms with Crippen molar-refractivity contribution in [3.63, 3.8) is 0 Å². The fourth-order valence-corrected chi connectivity index (χ4v) is 8.14. The first-order valence-electron chi connectivity index (χ1n) is 14.2. The predicted octanol–water partition coefficient (Wildman–Crippen LogP) is 7.29. The summed E-state index contributed by atoms with van der Waals surface area (Å²) in [7, 11) is -4.23. The highest BCUT2D eigenvalue weighted by Gasteiger charge is 2.32. The first kappa shape index (κ1) is 39.3. The van der Waals surface area contributed by atoms with Crippen molar-refractivity contribution in [2.45, 2.75) is 37.5 Å². The van der Waals surface area contributed by atoms with E-state index in [1.54, 1.807) is 39.8 Å². The SMILES string of the molecule is CCOC(=O)CS(=O)(=O)c1c(C(=O)OCC)[nH]c2cc(Cl)cc(Cl)c12.CCOC(=O)CSc1c(C(=O)OCC)[nH]c2cc(Cl)cc(Cl)c12. The number of hydrogen-bond donors (Lipinski definition) is 2. The number of aromatic nitrogens is 2. The predicted molar refractivity (Wildman–Crippen MR) is 185 cm³/mol. The van der Waals surface area contributed by atoms with Crippen LogP contribution in [0.2, 0.25) is 20.1 Å². The monoisotopic (exact) mass is 782 g/mol. The third-order valence-corrected chi connectivity index (χ3v) is 9.82. The number of aromatic amines is 2. The molecular formula is C30H30Cl4N2O10S2. The summed E-state index contributed by atoms with van der Waals surface area (Å²) < 4.78 is 45.0. The van der Waals surface area contributed by atoms with Crippen LogP contribution in [0.1, 0.15) is 48.7 Å². The molecule has 48 heavy (non-hydrogen) atoms. The zero-order valence-electron chi connectivity index (χ0n) is 26.0. The van der Waals surface area contributed by atoms with Crippen molar-refractivity contribution < 1.29 is 46.5 Å². The van der Waals surface area contributed by atoms with E-state index in [0.29, 0.717) is 32.5 Å². The van der Waals surface area contributed by atoms with Crippen LogP contribution in [0.5, 0.6) is 0 Å². The van der Waals surface area contributed by atoms with Gasteiger partial charge in [0, 0.05) is 25.7 Å². The summed E-state index contributed by atoms with van der Waals surface area (Å²) in [6.45, 7) is 7.20. The fraction of sp³-hybridized carbons (Fsp3) is 0.333. The topological polar surface area (TPSA) is 171 Å². The lowest BCUT2D eigenvalue weighted by Gasteiger charge is -2.07. The van der Waals surface area contributed by atoms with Gasteiger partial charge in [0.05, 0.1) is 53.3 Å². The van der Waals surface area contributed by atoms with Crippen molar-refractivity contribution >= 4 is 114 Å². The molecule has 2 N–H and O–H groups in total. The van der Waals surface area contributed by atoms with Crippen molar-refractivity contribution in [3.05, 3.63) is 55.7 Å². The normalized spacial score (nSPS) is 11.2. The smallest absolute Gasteiger partial charge is 0.356 e. The maximum absolute atomic E-state index is 12.7. The van der Waals surface area contributed by atoms with Gasteiger partial charge in [-0.15, -0.1) is 11.8 Å². The summed E-state index contributed by atoms with van der Waals surface area (Å²) in [4.78, 5) is 53.4. The molecule has 0 fully saturated rings. The summed E-state index contributed by atoms with van der Waals surface area (Å²) in [5.74, 6) is -3.57. The quantitative estimate of drug-likeness (QED) is 0.0840. The molecule has 12 nitrogen and oxygen atoms in total. The molecule has 0 aliphatic rings. The van der Waals surface area contributed by atoms with E-state index in [2.05, 4.69) is 14.7 Å². The Morgan fingerprint density at radius 3 is 1.67 bits per heavy atom. The lowest BCUT2D eigenvalue weighted by atomic mass is 10.2. The molecule has 4 aromatic rings. The largest absolute Gasteiger partial charge is 0.465 e. The average Bonchev–Trinajstić information content (AvgIpc) is 3.56. The minimum atomic E-state index is -4.23. The number of hydrogen-bond acceptors (Lipinski definition) is 11. The molecule has 2 aromatic heterocycles. The second-order valence-corrected chi connectivity index (χ2v) is 14.0. The summed E-state index contributed by atoms with van der Waals surface area (Å²) in [6.07, 6.45) is 0. The van der Waals surface area contributed by atoms with Crippen LogP contribution < -0.4 is 0 Å². The number of H-pyrrole nitrogens is 2. The number of fused-ring (bicyclic) bond motifs is 2. The number of ether oxygens (including phenoxy) is 4. The molecule has 0 aliphatic carbocycles. The van der Waals surface area contributed by atoms with E-state index < -0.39 is 38.4 Å². The zero-order valence-corrected chi connectivity index (χ0v) is 30.6. The molecule has 0 saturated heterocycles. The lowest BCUT2D eigenvalue weighted by molar-refractivity contribution is -0.140. The molecule has 0 spiro atoms. The van der Waals surface area contributed by atoms with Crippen LogP contribution in [-0.4, -0.2) is 80.2 Å². The summed E-state index contributed by atoms with van der Waals surface area (Å²) in [6, 6.07) is 6.02. The molecule has 0 aliphatic heterocycles. The third kappa shape index (κ3) is 9.51. The molecule has 0 atom stereocenters. The van der Waals surface area contributed by atoms with Gasteiger partial charge in [-0.1, -0.05) is 46.4 Å². The molecule has 0 bridgehead atoms. The number of esters is 4. The molecule has 4 rings (SSSR count). The van der Waals surface area contributed by atoms with E-state index in [-0.39, 0.29) is 63.9 Å². The highest BCUT2D eigenvalue weighted by atomic mass is 35.5. The lowest BCUT2D eigenvalue weighted by Crippen LogP contribution is -2.21. The maximum Gasteiger partial charge on any atom is 0.356 e. The molecule has 2 aromatic carbocycles. The van der Waals surface area contributed by atoms with Crippen LogP contribution >= 0.6 is 58.2 Å². The summed E-state index contributed by atoms with van der Waals surface area (Å²) in [5.41, 5.74) is 0.783. The number of carbonyl (C=O) groups is 4. The van der Waals surface area contributed by atoms with E-state index in [4.69, 9.17) is 60.6 Å². The van der Waals surface area contributed by atoms with Gasteiger partial charge >= 0.3 is 23.9 Å². The second kappa shape index (κ2) is 17.5. The van der Waals surface area contributed by atoms with Crippen molar-refractivity contribution in [1.29, 1.82) is 0 Å². The number of carbonyl (C=O) groups excluding carboxylic acids is 4. The molecule has 0 radical (unpaired) electrons. The molecule has 0 saturated carbocycles. The molecule has 260 valence electrons. The Balaban J connectivity index is 0.000000261. The third-order valence-electron chi connectivity index (χ3n) is 6.06. The van der Waals surface area contributed by atoms with Crippen LogP contribution in [0.15, 0.2) is 34.1 Å². The van der Waals surface area contributed by atoms with Gasteiger partial charge < -0.3 is 28.9 Å². The zero-order chi connectivity index (χ0) is 35.8. The van der Waals surface area contributed by atoms with Crippen molar-refractivity contribution in [3.8, 4) is 0 Å². The van der Waals surface area contributed by atoms with Crippen molar-refractivity contribution in [1.82, 2.24) is 9.97 Å². The molecule has 2 heterocycles. The van der Waals surface area contributed by atoms with E-state index in [9.17, 15) is 27.6 Å². The van der Waals surface area contributed by atoms with Gasteiger partial charge in [-0.05, 0) is 52.0 Å². The van der Waals surface area contributed by atoms with E-state index in [0.717, 1.165) is 0 Å². The van der Waals surface area contributed by atoms with E-state index in [1.807, 2.05) is 0 Å². The highest BCUT2D eigenvalue weighted by Crippen LogP contribution is 2.39. The number of nitrogens with one attached hydrogen (secondary N) is 2. The first-order valence-corrected chi connectivity index (χ1v) is 18.4. The van der Waals surface area contributed by atoms with Gasteiger partial charge in [0.15, 0.2) is 15.6 Å². The summed E-state index contributed by atoms with van der Waals surface area (Å²) in [5, 5.41) is 1.82. The van der Waals surface area contributed by atoms with Gasteiger partial charge in [0.1, 0.15) is 16.3 Å². The van der Waals surface area contributed by atoms with Gasteiger partial charge in [0.2, 0.25) is 0 Å². The molecular weight excluding hydrogens is 754 g/mol. The standard InChI is InChI=1S/C15H15Cl2NO6S.C15H15Cl2NO4S/c1-3-23-11(19)7-25(21,22)14-12-9(17)5-8(16)6-10(12)18-13(14)15(20)24-4-2;1-3-21-11(19)7-23-14-12-9(17)5-8(16)6-10(12)18-13(14)15(20)22-4-2/h5-6,18H,3-4,7H2,1-2H3;5-6,18H,3-4,7H2,1-2H3. The Kier molecular flexibility index (Phi) is 14.3. The maximum atomic E-state index is 12.7. The van der Waals surface area contributed by atoms with Crippen LogP contribution in [0, 0.1) is 0 Å². The Hall–Kier alpha value is -3.14. The van der Waals surface area contributed by atoms with Crippen LogP contribution in [0.3, 0.4) is 0 Å². The summed E-state index contributed by atoms with van der Waals surface area (Å²) >= 11 is 25.5. The van der Waals surface area contributed by atoms with Gasteiger partial charge in [-0.3, -0.25) is 9.59 Å². The molecule has 0 amide bonds. The number of rotatable bonds is 12. The fourth-order valence-electron chi connectivity index (χ4n) is 4.35. The first-order chi connectivity index (χ1) is 22.7. The minimum Gasteiger partial charge on any atom is -0.465 e. The number of benzene rings is 2.